The Morgan fingerprint density at radius 1 is 0.833 bits per heavy atom. The number of nitrogens with zero attached hydrogens (tertiary/aromatic N) is 4. The van der Waals surface area contributed by atoms with Crippen molar-refractivity contribution in [2.45, 2.75) is 38.8 Å². The Bertz CT molecular complexity index is 503. The third-order valence-electron chi connectivity index (χ3n) is 4.43. The summed E-state index contributed by atoms with van der Waals surface area (Å²) in [7, 11) is 0. The summed E-state index contributed by atoms with van der Waals surface area (Å²) < 4.78 is 4.26. The smallest absolute Gasteiger partial charge is 0.274 e. The highest BCUT2D eigenvalue weighted by Gasteiger charge is 2.40. The molecule has 136 valence electrons. The lowest BCUT2D eigenvalue weighted by atomic mass is 10.0. The normalized spacial score (nSPS) is 19.4. The van der Waals surface area contributed by atoms with E-state index in [2.05, 4.69) is 30.0 Å². The molecule has 0 aromatic rings. The minimum Gasteiger partial charge on any atom is -0.392 e. The van der Waals surface area contributed by atoms with Crippen LogP contribution in [0.1, 0.15) is 27.7 Å². The van der Waals surface area contributed by atoms with Gasteiger partial charge < -0.3 is 10.2 Å². The van der Waals surface area contributed by atoms with Gasteiger partial charge in [0, 0.05) is 0 Å². The Kier molecular flexibility index (Phi) is 5.92. The van der Waals surface area contributed by atoms with Crippen molar-refractivity contribution in [3.05, 3.63) is 0 Å². The molecule has 0 unspecified atom stereocenters. The van der Waals surface area contributed by atoms with Crippen molar-refractivity contribution in [1.29, 1.82) is 0 Å². The highest BCUT2D eigenvalue weighted by Crippen LogP contribution is 2.19. The number of aliphatic hydroxyl groups excluding tert-OH is 2. The van der Waals surface area contributed by atoms with Crippen LogP contribution >= 0.6 is 0 Å². The number of nitrogens with one attached hydrogen (secondary N) is 2. The predicted octanol–water partition coefficient (Wildman–Crippen LogP) is -0.991. The van der Waals surface area contributed by atoms with Gasteiger partial charge in [0.15, 0.2) is 11.1 Å². The van der Waals surface area contributed by atoms with Gasteiger partial charge in [0.05, 0.1) is 13.2 Å². The standard InChI is InChI=1S/C16H30N6O2/c1-15(2,13-17-5-7-21(13)9-11-23)19-20-16(3,4)14-18-6-8-22(14)10-12-24/h23-24H,5-12H2,1-4H3/p+2. The van der Waals surface area contributed by atoms with Crippen LogP contribution in [-0.4, -0.2) is 94.6 Å². The van der Waals surface area contributed by atoms with Crippen molar-refractivity contribution in [1.82, 2.24) is 10.6 Å². The Balaban J connectivity index is 2.21. The van der Waals surface area contributed by atoms with E-state index in [-0.39, 0.29) is 13.2 Å². The van der Waals surface area contributed by atoms with E-state index in [4.69, 9.17) is 0 Å². The summed E-state index contributed by atoms with van der Waals surface area (Å²) in [4.78, 5) is 0. The topological polar surface area (TPSA) is 95.3 Å². The predicted molar refractivity (Wildman–Crippen MR) is 93.2 cm³/mol. The molecule has 0 saturated heterocycles. The quantitative estimate of drug-likeness (QED) is 0.337. The Labute approximate surface area is 144 Å². The Morgan fingerprint density at radius 2 is 1.21 bits per heavy atom. The van der Waals surface area contributed by atoms with Crippen LogP contribution < -0.4 is 10.6 Å². The molecule has 24 heavy (non-hydrogen) atoms. The lowest BCUT2D eigenvalue weighted by molar-refractivity contribution is -0.522. The van der Waals surface area contributed by atoms with Gasteiger partial charge in [0.2, 0.25) is 0 Å². The molecule has 2 aliphatic heterocycles. The summed E-state index contributed by atoms with van der Waals surface area (Å²) in [5.41, 5.74) is -0.964. The SMILES string of the molecule is CC(C)(N=NC(C)(C)C1=[N+](CCO)CCN1)C1=[N+](CCO)CCN1. The maximum atomic E-state index is 9.22. The maximum Gasteiger partial charge on any atom is 0.274 e. The molecule has 0 fully saturated rings. The summed E-state index contributed by atoms with van der Waals surface area (Å²) in [5, 5.41) is 34.5. The van der Waals surface area contributed by atoms with Crippen LogP contribution in [0.15, 0.2) is 10.2 Å². The first-order valence-corrected chi connectivity index (χ1v) is 8.70. The summed E-state index contributed by atoms with van der Waals surface area (Å²) in [6.45, 7) is 13.1. The number of hydrogen-bond donors (Lipinski definition) is 4. The first-order valence-electron chi connectivity index (χ1n) is 8.70. The van der Waals surface area contributed by atoms with Gasteiger partial charge in [-0.15, -0.1) is 0 Å². The molecule has 2 rings (SSSR count). The van der Waals surface area contributed by atoms with Gasteiger partial charge in [-0.1, -0.05) is 0 Å². The molecule has 0 aromatic heterocycles. The molecule has 0 saturated carbocycles. The molecular weight excluding hydrogens is 308 g/mol. The molecule has 8 nitrogen and oxygen atoms in total. The molecule has 0 amide bonds. The third-order valence-corrected chi connectivity index (χ3v) is 4.43. The van der Waals surface area contributed by atoms with Crippen LogP contribution in [-0.2, 0) is 0 Å². The lowest BCUT2D eigenvalue weighted by Crippen LogP contribution is -2.45. The second-order valence-electron chi connectivity index (χ2n) is 7.29. The third kappa shape index (κ3) is 4.10. The number of azo groups is 1. The van der Waals surface area contributed by atoms with E-state index in [1.54, 1.807) is 0 Å². The summed E-state index contributed by atoms with van der Waals surface area (Å²) in [6.07, 6.45) is 0. The van der Waals surface area contributed by atoms with E-state index in [0.717, 1.165) is 37.9 Å². The minimum absolute atomic E-state index is 0.127. The molecule has 2 heterocycles. The van der Waals surface area contributed by atoms with E-state index in [0.29, 0.717) is 13.1 Å². The highest BCUT2D eigenvalue weighted by molar-refractivity contribution is 5.88. The average molecular weight is 340 g/mol. The molecule has 8 heteroatoms. The van der Waals surface area contributed by atoms with Gasteiger partial charge in [-0.2, -0.15) is 10.2 Å². The number of β-amino-alcohol motifs (C(OH)–C–C–N with tert-alkyl or cyclic N) is 2. The van der Waals surface area contributed by atoms with Gasteiger partial charge in [0.1, 0.15) is 39.3 Å². The fourth-order valence-corrected chi connectivity index (χ4v) is 3.31. The van der Waals surface area contributed by atoms with Gasteiger partial charge in [-0.05, 0) is 27.7 Å². The molecule has 0 radical (unpaired) electrons. The van der Waals surface area contributed by atoms with Crippen LogP contribution in [0, 0.1) is 0 Å². The molecule has 0 aromatic carbocycles. The summed E-state index contributed by atoms with van der Waals surface area (Å²) >= 11 is 0. The molecule has 4 N–H and O–H groups in total. The van der Waals surface area contributed by atoms with Crippen LogP contribution in [0.2, 0.25) is 0 Å². The lowest BCUT2D eigenvalue weighted by Gasteiger charge is -2.21. The van der Waals surface area contributed by atoms with E-state index < -0.39 is 11.1 Å². The molecule has 0 bridgehead atoms. The summed E-state index contributed by atoms with van der Waals surface area (Å²) in [5.74, 6) is 2.01. The first kappa shape index (κ1) is 18.8. The van der Waals surface area contributed by atoms with Crippen LogP contribution in [0.4, 0.5) is 0 Å². The van der Waals surface area contributed by atoms with Gasteiger partial charge in [0.25, 0.3) is 11.7 Å². The number of hydrogen-bond acceptors (Lipinski definition) is 6. The first-order chi connectivity index (χ1) is 11.3. The van der Waals surface area contributed by atoms with E-state index in [9.17, 15) is 10.2 Å². The number of aliphatic hydroxyl groups is 2. The monoisotopic (exact) mass is 340 g/mol. The minimum atomic E-state index is -0.482. The van der Waals surface area contributed by atoms with E-state index in [1.165, 1.54) is 0 Å². The van der Waals surface area contributed by atoms with E-state index >= 15 is 0 Å². The number of amidine groups is 2. The molecule has 2 aliphatic rings. The molecule has 0 spiro atoms. The highest BCUT2D eigenvalue weighted by atomic mass is 16.3. The second-order valence-corrected chi connectivity index (χ2v) is 7.29. The summed E-state index contributed by atoms with van der Waals surface area (Å²) in [6, 6.07) is 0. The van der Waals surface area contributed by atoms with Crippen molar-refractivity contribution in [3.8, 4) is 0 Å². The van der Waals surface area contributed by atoms with Crippen LogP contribution in [0.3, 0.4) is 0 Å². The molecule has 0 atom stereocenters. The Morgan fingerprint density at radius 3 is 1.54 bits per heavy atom. The second kappa shape index (κ2) is 7.57. The fourth-order valence-electron chi connectivity index (χ4n) is 3.31. The van der Waals surface area contributed by atoms with Crippen molar-refractivity contribution in [2.24, 2.45) is 10.2 Å². The van der Waals surface area contributed by atoms with Gasteiger partial charge >= 0.3 is 0 Å². The van der Waals surface area contributed by atoms with Crippen LogP contribution in [0.25, 0.3) is 0 Å². The van der Waals surface area contributed by atoms with Crippen molar-refractivity contribution >= 4 is 11.7 Å². The fraction of sp³-hybridized carbons (Fsp3) is 0.875. The molecular formula is C16H32N6O2+2. The average Bonchev–Trinajstić information content (AvgIpc) is 3.16. The Hall–Kier alpha value is -1.54. The zero-order valence-electron chi connectivity index (χ0n) is 15.3. The zero-order chi connectivity index (χ0) is 17.8. The maximum absolute atomic E-state index is 9.22. The van der Waals surface area contributed by atoms with Crippen molar-refractivity contribution in [2.75, 3.05) is 52.5 Å². The zero-order valence-corrected chi connectivity index (χ0v) is 15.3. The largest absolute Gasteiger partial charge is 0.392 e. The molecule has 0 aliphatic carbocycles. The van der Waals surface area contributed by atoms with Gasteiger partial charge in [-0.25, -0.2) is 0 Å². The van der Waals surface area contributed by atoms with Crippen LogP contribution in [0.5, 0.6) is 0 Å². The van der Waals surface area contributed by atoms with Crippen molar-refractivity contribution < 1.29 is 19.4 Å². The van der Waals surface area contributed by atoms with Crippen molar-refractivity contribution in [3.63, 3.8) is 0 Å². The number of rotatable bonds is 8. The van der Waals surface area contributed by atoms with Gasteiger partial charge in [-0.3, -0.25) is 19.8 Å². The van der Waals surface area contributed by atoms with E-state index in [1.807, 2.05) is 27.7 Å².